The van der Waals surface area contributed by atoms with E-state index in [-0.39, 0.29) is 5.56 Å². The van der Waals surface area contributed by atoms with E-state index in [9.17, 15) is 4.79 Å². The molecule has 3 aromatic carbocycles. The summed E-state index contributed by atoms with van der Waals surface area (Å²) in [5, 5.41) is 6.66. The maximum atomic E-state index is 13.5. The maximum absolute atomic E-state index is 13.5. The molecular formula is C28H18BrClN4O2. The van der Waals surface area contributed by atoms with Gasteiger partial charge in [0.1, 0.15) is 5.58 Å². The Balaban J connectivity index is 1.52. The second kappa shape index (κ2) is 8.93. The van der Waals surface area contributed by atoms with Crippen molar-refractivity contribution in [2.24, 2.45) is 5.10 Å². The van der Waals surface area contributed by atoms with Crippen LogP contribution < -0.4 is 5.56 Å². The lowest BCUT2D eigenvalue weighted by molar-refractivity contribution is 0.616. The zero-order valence-corrected chi connectivity index (χ0v) is 21.4. The van der Waals surface area contributed by atoms with Gasteiger partial charge < -0.3 is 8.98 Å². The number of para-hydroxylation sites is 1. The fourth-order valence-corrected chi connectivity index (χ4v) is 4.64. The number of rotatable bonds is 4. The van der Waals surface area contributed by atoms with Gasteiger partial charge in [0.05, 0.1) is 22.8 Å². The molecule has 0 spiro atoms. The van der Waals surface area contributed by atoms with Crippen LogP contribution >= 0.6 is 27.5 Å². The van der Waals surface area contributed by atoms with Crippen LogP contribution in [0, 0.1) is 6.92 Å². The second-order valence-electron chi connectivity index (χ2n) is 8.34. The van der Waals surface area contributed by atoms with Gasteiger partial charge in [0, 0.05) is 26.8 Å². The van der Waals surface area contributed by atoms with Crippen molar-refractivity contribution in [3.05, 3.63) is 116 Å². The summed E-state index contributed by atoms with van der Waals surface area (Å²) in [7, 11) is 0. The first kappa shape index (κ1) is 22.5. The predicted octanol–water partition coefficient (Wildman–Crippen LogP) is 7.21. The van der Waals surface area contributed by atoms with E-state index >= 15 is 0 Å². The molecule has 36 heavy (non-hydrogen) atoms. The number of benzene rings is 3. The second-order valence-corrected chi connectivity index (χ2v) is 9.67. The Labute approximate surface area is 219 Å². The minimum Gasteiger partial charge on any atom is -0.453 e. The van der Waals surface area contributed by atoms with Crippen molar-refractivity contribution in [1.29, 1.82) is 0 Å². The number of hydrogen-bond acceptors (Lipinski definition) is 4. The Morgan fingerprint density at radius 3 is 2.75 bits per heavy atom. The molecule has 0 saturated carbocycles. The average Bonchev–Trinajstić information content (AvgIpc) is 3.52. The van der Waals surface area contributed by atoms with E-state index in [2.05, 4.69) is 21.0 Å². The Morgan fingerprint density at radius 2 is 1.89 bits per heavy atom. The van der Waals surface area contributed by atoms with Gasteiger partial charge in [-0.05, 0) is 79.2 Å². The molecule has 8 heteroatoms. The van der Waals surface area contributed by atoms with Crippen molar-refractivity contribution in [2.45, 2.75) is 6.92 Å². The van der Waals surface area contributed by atoms with E-state index in [4.69, 9.17) is 21.0 Å². The van der Waals surface area contributed by atoms with Gasteiger partial charge in [0.2, 0.25) is 5.82 Å². The standard InChI is InChI=1S/C28H18BrClN4O2/c1-17-13-20(9-10-23(17)30)33-12-4-5-21(33)16-31-34-27(32-24-7-3-2-6-22(24)28(34)35)26-15-18-14-19(29)8-11-25(18)36-26/h2-16H,1H3. The van der Waals surface area contributed by atoms with Crippen LogP contribution in [0.3, 0.4) is 0 Å². The van der Waals surface area contributed by atoms with Crippen LogP contribution in [-0.2, 0) is 0 Å². The Bertz CT molecular complexity index is 1870. The van der Waals surface area contributed by atoms with Crippen LogP contribution in [0.4, 0.5) is 0 Å². The molecule has 176 valence electrons. The van der Waals surface area contributed by atoms with Crippen molar-refractivity contribution in [3.63, 3.8) is 0 Å². The highest BCUT2D eigenvalue weighted by Crippen LogP contribution is 2.29. The highest BCUT2D eigenvalue weighted by molar-refractivity contribution is 9.10. The van der Waals surface area contributed by atoms with E-state index in [1.165, 1.54) is 4.68 Å². The molecule has 0 fully saturated rings. The van der Waals surface area contributed by atoms with E-state index < -0.39 is 0 Å². The molecule has 3 aromatic heterocycles. The molecule has 0 aliphatic heterocycles. The van der Waals surface area contributed by atoms with Gasteiger partial charge in [-0.2, -0.15) is 9.78 Å². The van der Waals surface area contributed by atoms with Gasteiger partial charge >= 0.3 is 0 Å². The summed E-state index contributed by atoms with van der Waals surface area (Å²) >= 11 is 9.70. The van der Waals surface area contributed by atoms with Crippen LogP contribution in [-0.4, -0.2) is 20.4 Å². The SMILES string of the molecule is Cc1cc(-n2cccc2C=Nn2c(-c3cc4cc(Br)ccc4o3)nc3ccccc3c2=O)ccc1Cl. The molecule has 0 bridgehead atoms. The van der Waals surface area contributed by atoms with E-state index in [0.717, 1.165) is 26.8 Å². The molecule has 6 nitrogen and oxygen atoms in total. The van der Waals surface area contributed by atoms with Crippen molar-refractivity contribution in [1.82, 2.24) is 14.2 Å². The third-order valence-electron chi connectivity index (χ3n) is 5.96. The summed E-state index contributed by atoms with van der Waals surface area (Å²) in [5.74, 6) is 0.773. The van der Waals surface area contributed by atoms with Crippen molar-refractivity contribution >= 4 is 55.6 Å². The third-order valence-corrected chi connectivity index (χ3v) is 6.88. The van der Waals surface area contributed by atoms with Gasteiger partial charge in [-0.1, -0.05) is 39.7 Å². The average molecular weight is 558 g/mol. The van der Waals surface area contributed by atoms with Crippen LogP contribution in [0.1, 0.15) is 11.3 Å². The van der Waals surface area contributed by atoms with Crippen LogP contribution in [0.5, 0.6) is 0 Å². The molecule has 0 atom stereocenters. The molecule has 0 amide bonds. The number of aromatic nitrogens is 3. The number of fused-ring (bicyclic) bond motifs is 2. The largest absolute Gasteiger partial charge is 0.453 e. The number of halogens is 2. The smallest absolute Gasteiger partial charge is 0.282 e. The molecule has 3 heterocycles. The lowest BCUT2D eigenvalue weighted by Gasteiger charge is -2.09. The Kier molecular flexibility index (Phi) is 5.59. The normalized spacial score (nSPS) is 11.8. The topological polar surface area (TPSA) is 65.3 Å². The lowest BCUT2D eigenvalue weighted by Crippen LogP contribution is -2.20. The molecule has 0 radical (unpaired) electrons. The van der Waals surface area contributed by atoms with Gasteiger partial charge in [0.15, 0.2) is 5.76 Å². The number of nitrogens with zero attached hydrogens (tertiary/aromatic N) is 4. The Hall–Kier alpha value is -3.94. The minimum absolute atomic E-state index is 0.283. The van der Waals surface area contributed by atoms with Crippen molar-refractivity contribution in [2.75, 3.05) is 0 Å². The monoisotopic (exact) mass is 556 g/mol. The van der Waals surface area contributed by atoms with Crippen molar-refractivity contribution < 1.29 is 4.42 Å². The summed E-state index contributed by atoms with van der Waals surface area (Å²) in [6.07, 6.45) is 3.58. The lowest BCUT2D eigenvalue weighted by atomic mass is 10.2. The number of furan rings is 1. The molecule has 0 N–H and O–H groups in total. The summed E-state index contributed by atoms with van der Waals surface area (Å²) in [6.45, 7) is 1.96. The Morgan fingerprint density at radius 1 is 1.03 bits per heavy atom. The van der Waals surface area contributed by atoms with Gasteiger partial charge in [0.25, 0.3) is 5.56 Å². The zero-order chi connectivity index (χ0) is 24.8. The van der Waals surface area contributed by atoms with Crippen LogP contribution in [0.25, 0.3) is 39.1 Å². The first-order valence-electron chi connectivity index (χ1n) is 11.2. The number of hydrogen-bond donors (Lipinski definition) is 0. The summed E-state index contributed by atoms with van der Waals surface area (Å²) in [5.41, 5.74) is 3.68. The van der Waals surface area contributed by atoms with E-state index in [1.807, 2.05) is 90.5 Å². The summed E-state index contributed by atoms with van der Waals surface area (Å²) in [6, 6.07) is 24.5. The summed E-state index contributed by atoms with van der Waals surface area (Å²) in [4.78, 5) is 18.3. The first-order chi connectivity index (χ1) is 17.5. The molecule has 0 aliphatic rings. The fraction of sp³-hybridized carbons (Fsp3) is 0.0357. The van der Waals surface area contributed by atoms with Crippen LogP contribution in [0.2, 0.25) is 5.02 Å². The summed E-state index contributed by atoms with van der Waals surface area (Å²) < 4.78 is 10.3. The van der Waals surface area contributed by atoms with Gasteiger partial charge in [-0.3, -0.25) is 4.79 Å². The first-order valence-corrected chi connectivity index (χ1v) is 12.3. The molecule has 6 rings (SSSR count). The minimum atomic E-state index is -0.283. The predicted molar refractivity (Wildman–Crippen MR) is 147 cm³/mol. The van der Waals surface area contributed by atoms with Crippen LogP contribution in [0.15, 0.2) is 104 Å². The molecule has 0 saturated heterocycles. The van der Waals surface area contributed by atoms with E-state index in [0.29, 0.717) is 33.1 Å². The fourth-order valence-electron chi connectivity index (χ4n) is 4.14. The maximum Gasteiger partial charge on any atom is 0.282 e. The molecule has 6 aromatic rings. The quantitative estimate of drug-likeness (QED) is 0.215. The third kappa shape index (κ3) is 3.96. The molecular weight excluding hydrogens is 540 g/mol. The number of aryl methyl sites for hydroxylation is 1. The zero-order valence-electron chi connectivity index (χ0n) is 19.0. The molecule has 0 aliphatic carbocycles. The van der Waals surface area contributed by atoms with Gasteiger partial charge in [-0.15, -0.1) is 0 Å². The van der Waals surface area contributed by atoms with Gasteiger partial charge in [-0.25, -0.2) is 4.98 Å². The highest BCUT2D eigenvalue weighted by Gasteiger charge is 2.17. The molecule has 0 unspecified atom stereocenters. The van der Waals surface area contributed by atoms with E-state index in [1.54, 1.807) is 12.3 Å². The highest BCUT2D eigenvalue weighted by atomic mass is 79.9. The van der Waals surface area contributed by atoms with Crippen molar-refractivity contribution in [3.8, 4) is 17.3 Å².